The molecule has 4 N–H and O–H groups in total. The first-order valence-corrected chi connectivity index (χ1v) is 10.2. The lowest BCUT2D eigenvalue weighted by Crippen LogP contribution is -2.49. The largest absolute Gasteiger partial charge is 0.507 e. The number of phenolic OH excluding ortho intramolecular Hbond substituents is 1. The highest BCUT2D eigenvalue weighted by molar-refractivity contribution is 6.42. The van der Waals surface area contributed by atoms with Crippen LogP contribution in [0.5, 0.6) is 5.75 Å². The van der Waals surface area contributed by atoms with Gasteiger partial charge in [-0.1, -0.05) is 23.2 Å². The molecule has 1 saturated carbocycles. The van der Waals surface area contributed by atoms with Crippen LogP contribution in [0.25, 0.3) is 0 Å². The quantitative estimate of drug-likeness (QED) is 0.535. The summed E-state index contributed by atoms with van der Waals surface area (Å²) in [5.74, 6) is 1.13. The molecule has 0 unspecified atom stereocenters. The Morgan fingerprint density at radius 2 is 1.69 bits per heavy atom. The first-order chi connectivity index (χ1) is 12.4. The number of piperazine rings is 1. The number of halogens is 2. The number of nitrogens with one attached hydrogen (secondary N) is 1. The SMILES string of the molecule is N=C(c1cc(Cl)c(Cl)cc1O)N1CCN(CCC2CCC(N)CC2)CC1. The van der Waals surface area contributed by atoms with Crippen molar-refractivity contribution in [3.8, 4) is 5.75 Å². The van der Waals surface area contributed by atoms with Crippen LogP contribution in [0.3, 0.4) is 0 Å². The van der Waals surface area contributed by atoms with Crippen molar-refractivity contribution in [3.05, 3.63) is 27.7 Å². The van der Waals surface area contributed by atoms with Gasteiger partial charge in [-0.3, -0.25) is 10.3 Å². The standard InChI is InChI=1S/C19H28Cl2N4O/c20-16-11-15(18(26)12-17(16)21)19(23)25-9-7-24(8-10-25)6-5-13-1-3-14(22)4-2-13/h11-14,23,26H,1-10,22H2. The molecule has 2 aliphatic rings. The summed E-state index contributed by atoms with van der Waals surface area (Å²) in [6.45, 7) is 4.58. The number of amidine groups is 1. The third kappa shape index (κ3) is 4.83. The van der Waals surface area contributed by atoms with Gasteiger partial charge in [-0.15, -0.1) is 0 Å². The Morgan fingerprint density at radius 1 is 1.08 bits per heavy atom. The molecule has 26 heavy (non-hydrogen) atoms. The topological polar surface area (TPSA) is 76.6 Å². The van der Waals surface area contributed by atoms with E-state index in [1.54, 1.807) is 6.07 Å². The molecule has 2 fully saturated rings. The molecule has 0 aromatic heterocycles. The van der Waals surface area contributed by atoms with E-state index in [-0.39, 0.29) is 5.75 Å². The smallest absolute Gasteiger partial charge is 0.131 e. The van der Waals surface area contributed by atoms with Crippen LogP contribution in [-0.2, 0) is 0 Å². The van der Waals surface area contributed by atoms with Gasteiger partial charge in [0.05, 0.1) is 15.6 Å². The van der Waals surface area contributed by atoms with E-state index < -0.39 is 0 Å². The van der Waals surface area contributed by atoms with Crippen molar-refractivity contribution >= 4 is 29.0 Å². The van der Waals surface area contributed by atoms with Gasteiger partial charge in [0, 0.05) is 38.3 Å². The molecule has 0 radical (unpaired) electrons. The number of nitrogens with two attached hydrogens (primary N) is 1. The number of phenols is 1. The summed E-state index contributed by atoms with van der Waals surface area (Å²) in [6.07, 6.45) is 6.12. The van der Waals surface area contributed by atoms with Crippen LogP contribution in [0, 0.1) is 11.3 Å². The Kier molecular flexibility index (Phi) is 6.67. The van der Waals surface area contributed by atoms with E-state index in [1.165, 1.54) is 38.2 Å². The van der Waals surface area contributed by atoms with Crippen LogP contribution in [0.1, 0.15) is 37.7 Å². The minimum absolute atomic E-state index is 0.00216. The fourth-order valence-corrected chi connectivity index (χ4v) is 4.26. The van der Waals surface area contributed by atoms with E-state index in [0.717, 1.165) is 38.6 Å². The molecule has 1 aromatic carbocycles. The van der Waals surface area contributed by atoms with Crippen molar-refractivity contribution in [2.75, 3.05) is 32.7 Å². The summed E-state index contributed by atoms with van der Waals surface area (Å²) in [4.78, 5) is 4.47. The number of benzene rings is 1. The summed E-state index contributed by atoms with van der Waals surface area (Å²) < 4.78 is 0. The van der Waals surface area contributed by atoms with Crippen LogP contribution in [0.4, 0.5) is 0 Å². The van der Waals surface area contributed by atoms with Crippen LogP contribution in [-0.4, -0.2) is 59.5 Å². The summed E-state index contributed by atoms with van der Waals surface area (Å²) in [6, 6.07) is 3.39. The highest BCUT2D eigenvalue weighted by Gasteiger charge is 2.24. The van der Waals surface area contributed by atoms with Crippen molar-refractivity contribution < 1.29 is 5.11 Å². The first kappa shape index (κ1) is 19.7. The average molecular weight is 399 g/mol. The van der Waals surface area contributed by atoms with E-state index in [4.69, 9.17) is 34.3 Å². The summed E-state index contributed by atoms with van der Waals surface area (Å²) in [7, 11) is 0. The van der Waals surface area contributed by atoms with Crippen molar-refractivity contribution in [2.24, 2.45) is 11.7 Å². The minimum Gasteiger partial charge on any atom is -0.507 e. The van der Waals surface area contributed by atoms with Gasteiger partial charge < -0.3 is 15.7 Å². The van der Waals surface area contributed by atoms with Gasteiger partial charge in [0.2, 0.25) is 0 Å². The normalized spacial score (nSPS) is 24.7. The van der Waals surface area contributed by atoms with Gasteiger partial charge in [-0.05, 0) is 50.6 Å². The number of rotatable bonds is 4. The Balaban J connectivity index is 1.47. The molecule has 0 spiro atoms. The van der Waals surface area contributed by atoms with E-state index in [9.17, 15) is 5.11 Å². The highest BCUT2D eigenvalue weighted by Crippen LogP contribution is 2.31. The molecule has 0 bridgehead atoms. The number of nitrogens with zero attached hydrogens (tertiary/aromatic N) is 2. The number of aromatic hydroxyl groups is 1. The lowest BCUT2D eigenvalue weighted by molar-refractivity contribution is 0.164. The maximum absolute atomic E-state index is 10.1. The summed E-state index contributed by atoms with van der Waals surface area (Å²) >= 11 is 12.0. The zero-order valence-electron chi connectivity index (χ0n) is 15.1. The Morgan fingerprint density at radius 3 is 2.35 bits per heavy atom. The monoisotopic (exact) mass is 398 g/mol. The van der Waals surface area contributed by atoms with Crippen molar-refractivity contribution in [1.29, 1.82) is 5.41 Å². The molecule has 0 atom stereocenters. The Labute approximate surface area is 165 Å². The third-order valence-electron chi connectivity index (χ3n) is 5.73. The maximum atomic E-state index is 10.1. The molecule has 1 saturated heterocycles. The zero-order valence-corrected chi connectivity index (χ0v) is 16.6. The van der Waals surface area contributed by atoms with E-state index in [1.807, 2.05) is 4.90 Å². The molecule has 5 nitrogen and oxygen atoms in total. The van der Waals surface area contributed by atoms with Gasteiger partial charge in [0.25, 0.3) is 0 Å². The van der Waals surface area contributed by atoms with Crippen molar-refractivity contribution in [1.82, 2.24) is 9.80 Å². The summed E-state index contributed by atoms with van der Waals surface area (Å²) in [5, 5.41) is 19.2. The lowest BCUT2D eigenvalue weighted by atomic mass is 9.84. The van der Waals surface area contributed by atoms with Crippen LogP contribution >= 0.6 is 23.2 Å². The highest BCUT2D eigenvalue weighted by atomic mass is 35.5. The average Bonchev–Trinajstić information content (AvgIpc) is 2.64. The van der Waals surface area contributed by atoms with Gasteiger partial charge in [-0.2, -0.15) is 0 Å². The molecule has 1 aromatic rings. The van der Waals surface area contributed by atoms with Crippen molar-refractivity contribution in [2.45, 2.75) is 38.1 Å². The molecule has 1 heterocycles. The van der Waals surface area contributed by atoms with Crippen LogP contribution in [0.15, 0.2) is 12.1 Å². The van der Waals surface area contributed by atoms with Gasteiger partial charge >= 0.3 is 0 Å². The predicted molar refractivity (Wildman–Crippen MR) is 108 cm³/mol. The molecular weight excluding hydrogens is 371 g/mol. The Bertz CT molecular complexity index is 639. The molecule has 144 valence electrons. The molecule has 0 amide bonds. The third-order valence-corrected chi connectivity index (χ3v) is 6.45. The molecule has 7 heteroatoms. The molecule has 1 aliphatic heterocycles. The molecular formula is C19H28Cl2N4O. The van der Waals surface area contributed by atoms with Gasteiger partial charge in [-0.25, -0.2) is 0 Å². The summed E-state index contributed by atoms with van der Waals surface area (Å²) in [5.41, 5.74) is 6.42. The predicted octanol–water partition coefficient (Wildman–Crippen LogP) is 3.55. The Hall–Kier alpha value is -1.01. The second-order valence-corrected chi connectivity index (χ2v) is 8.34. The van der Waals surface area contributed by atoms with E-state index in [2.05, 4.69) is 4.90 Å². The minimum atomic E-state index is 0.00216. The fraction of sp³-hybridized carbons (Fsp3) is 0.632. The molecule has 1 aliphatic carbocycles. The lowest BCUT2D eigenvalue weighted by Gasteiger charge is -2.37. The van der Waals surface area contributed by atoms with E-state index >= 15 is 0 Å². The second kappa shape index (κ2) is 8.79. The van der Waals surface area contributed by atoms with Crippen LogP contribution in [0.2, 0.25) is 10.0 Å². The van der Waals surface area contributed by atoms with Gasteiger partial charge in [0.1, 0.15) is 11.6 Å². The number of hydrogen-bond donors (Lipinski definition) is 3. The number of hydrogen-bond acceptors (Lipinski definition) is 4. The van der Waals surface area contributed by atoms with E-state index in [0.29, 0.717) is 27.5 Å². The molecule has 3 rings (SSSR count). The second-order valence-electron chi connectivity index (χ2n) is 7.53. The van der Waals surface area contributed by atoms with Crippen molar-refractivity contribution in [3.63, 3.8) is 0 Å². The van der Waals surface area contributed by atoms with Crippen LogP contribution < -0.4 is 5.73 Å². The zero-order chi connectivity index (χ0) is 18.7. The first-order valence-electron chi connectivity index (χ1n) is 9.44. The van der Waals surface area contributed by atoms with Gasteiger partial charge in [0.15, 0.2) is 0 Å². The fourth-order valence-electron chi connectivity index (χ4n) is 3.93. The maximum Gasteiger partial charge on any atom is 0.131 e.